The van der Waals surface area contributed by atoms with Crippen molar-refractivity contribution in [3.63, 3.8) is 0 Å². The number of benzene rings is 1. The van der Waals surface area contributed by atoms with E-state index in [-0.39, 0.29) is 0 Å². The summed E-state index contributed by atoms with van der Waals surface area (Å²) in [4.78, 5) is 4.77. The lowest BCUT2D eigenvalue weighted by molar-refractivity contribution is 0.354. The second kappa shape index (κ2) is 8.02. The van der Waals surface area contributed by atoms with E-state index in [2.05, 4.69) is 38.4 Å². The van der Waals surface area contributed by atoms with Gasteiger partial charge in [-0.1, -0.05) is 25.2 Å². The normalized spacial score (nSPS) is 14.0. The molecule has 0 saturated carbocycles. The predicted octanol–water partition coefficient (Wildman–Crippen LogP) is 5.11. The number of fused-ring (bicyclic) bond motifs is 1. The maximum absolute atomic E-state index is 5.46. The van der Waals surface area contributed by atoms with Gasteiger partial charge in [-0.3, -0.25) is 4.99 Å². The quantitative estimate of drug-likeness (QED) is 0.484. The van der Waals surface area contributed by atoms with Crippen LogP contribution in [0.25, 0.3) is 0 Å². The number of nitrogens with zero attached hydrogens (tertiary/aromatic N) is 1. The van der Waals surface area contributed by atoms with E-state index in [1.807, 2.05) is 0 Å². The van der Waals surface area contributed by atoms with E-state index >= 15 is 0 Å². The van der Waals surface area contributed by atoms with E-state index < -0.39 is 8.07 Å². The Balaban J connectivity index is 2.03. The zero-order valence-electron chi connectivity index (χ0n) is 15.9. The second-order valence-electron chi connectivity index (χ2n) is 7.78. The first kappa shape index (κ1) is 18.8. The average molecular weight is 346 g/mol. The first-order chi connectivity index (χ1) is 11.3. The van der Waals surface area contributed by atoms with Crippen molar-refractivity contribution in [2.75, 3.05) is 20.8 Å². The summed E-state index contributed by atoms with van der Waals surface area (Å²) in [6.45, 7) is 12.4. The van der Waals surface area contributed by atoms with Crippen LogP contribution in [0.5, 0.6) is 11.5 Å². The Bertz CT molecular complexity index is 629. The summed E-state index contributed by atoms with van der Waals surface area (Å²) in [5.74, 6) is 1.59. The van der Waals surface area contributed by atoms with E-state index in [0.717, 1.165) is 43.7 Å². The molecule has 0 radical (unpaired) electrons. The lowest BCUT2D eigenvalue weighted by atomic mass is 9.93. The first-order valence-corrected chi connectivity index (χ1v) is 12.5. The van der Waals surface area contributed by atoms with Gasteiger partial charge in [-0.15, -0.1) is 6.58 Å². The van der Waals surface area contributed by atoms with Crippen LogP contribution in [0.3, 0.4) is 0 Å². The van der Waals surface area contributed by atoms with Crippen LogP contribution in [0.2, 0.25) is 25.7 Å². The van der Waals surface area contributed by atoms with E-state index in [1.54, 1.807) is 14.2 Å². The summed E-state index contributed by atoms with van der Waals surface area (Å²) in [6, 6.07) is 5.41. The zero-order chi connectivity index (χ0) is 17.7. The molecule has 2 rings (SSSR count). The SMILES string of the molecule is C=C(CCCC1=NCCc2cc(OC)c(OC)cc21)C[Si](C)(C)C. The fourth-order valence-corrected chi connectivity index (χ4v) is 5.03. The average Bonchev–Trinajstić information content (AvgIpc) is 2.52. The first-order valence-electron chi connectivity index (χ1n) is 8.79. The summed E-state index contributed by atoms with van der Waals surface area (Å²) in [5.41, 5.74) is 5.16. The Kier molecular flexibility index (Phi) is 6.27. The summed E-state index contributed by atoms with van der Waals surface area (Å²) in [5, 5.41) is 0. The lowest BCUT2D eigenvalue weighted by Crippen LogP contribution is -2.19. The third-order valence-corrected chi connectivity index (χ3v) is 5.89. The van der Waals surface area contributed by atoms with Gasteiger partial charge in [0.05, 0.1) is 14.2 Å². The molecule has 3 nitrogen and oxygen atoms in total. The van der Waals surface area contributed by atoms with Gasteiger partial charge in [0.25, 0.3) is 0 Å². The molecule has 0 spiro atoms. The maximum Gasteiger partial charge on any atom is 0.161 e. The number of allylic oxidation sites excluding steroid dienone is 1. The number of methoxy groups -OCH3 is 2. The van der Waals surface area contributed by atoms with Crippen LogP contribution in [0.4, 0.5) is 0 Å². The van der Waals surface area contributed by atoms with Crippen molar-refractivity contribution in [2.24, 2.45) is 4.99 Å². The molecule has 0 atom stereocenters. The molecule has 0 aliphatic carbocycles. The molecular weight excluding hydrogens is 314 g/mol. The molecule has 1 aromatic rings. The van der Waals surface area contributed by atoms with E-state index in [9.17, 15) is 0 Å². The van der Waals surface area contributed by atoms with Crippen LogP contribution in [0.1, 0.15) is 30.4 Å². The van der Waals surface area contributed by atoms with Gasteiger partial charge in [-0.05, 0) is 49.4 Å². The molecular formula is C20H31NO2Si. The molecule has 0 saturated heterocycles. The van der Waals surface area contributed by atoms with Crippen molar-refractivity contribution < 1.29 is 9.47 Å². The van der Waals surface area contributed by atoms with Crippen molar-refractivity contribution in [3.8, 4) is 11.5 Å². The minimum atomic E-state index is -1.05. The van der Waals surface area contributed by atoms with Crippen LogP contribution in [-0.4, -0.2) is 34.5 Å². The maximum atomic E-state index is 5.46. The van der Waals surface area contributed by atoms with E-state index in [4.69, 9.17) is 14.5 Å². The molecule has 1 heterocycles. The third kappa shape index (κ3) is 4.97. The van der Waals surface area contributed by atoms with E-state index in [1.165, 1.54) is 28.5 Å². The minimum Gasteiger partial charge on any atom is -0.493 e. The Hall–Kier alpha value is -1.55. The van der Waals surface area contributed by atoms with Gasteiger partial charge in [-0.25, -0.2) is 0 Å². The molecule has 1 aliphatic heterocycles. The topological polar surface area (TPSA) is 30.8 Å². The van der Waals surface area contributed by atoms with Crippen LogP contribution in [0.15, 0.2) is 29.3 Å². The highest BCUT2D eigenvalue weighted by atomic mass is 28.3. The monoisotopic (exact) mass is 345 g/mol. The number of aliphatic imine (C=N–C) groups is 1. The van der Waals surface area contributed by atoms with Gasteiger partial charge in [0.1, 0.15) is 0 Å². The summed E-state index contributed by atoms with van der Waals surface area (Å²) in [6.07, 6.45) is 4.20. The van der Waals surface area contributed by atoms with Crippen molar-refractivity contribution in [1.82, 2.24) is 0 Å². The van der Waals surface area contributed by atoms with Gasteiger partial charge < -0.3 is 9.47 Å². The third-order valence-electron chi connectivity index (χ3n) is 4.33. The zero-order valence-corrected chi connectivity index (χ0v) is 16.9. The van der Waals surface area contributed by atoms with Crippen molar-refractivity contribution in [1.29, 1.82) is 0 Å². The highest BCUT2D eigenvalue weighted by Gasteiger charge is 2.19. The lowest BCUT2D eigenvalue weighted by Gasteiger charge is -2.20. The Labute approximate surface area is 147 Å². The minimum absolute atomic E-state index is 0.786. The van der Waals surface area contributed by atoms with Crippen LogP contribution in [-0.2, 0) is 6.42 Å². The summed E-state index contributed by atoms with van der Waals surface area (Å²) in [7, 11) is 2.32. The molecule has 0 fully saturated rings. The van der Waals surface area contributed by atoms with Gasteiger partial charge in [0, 0.05) is 25.9 Å². The van der Waals surface area contributed by atoms with Gasteiger partial charge in [0.2, 0.25) is 0 Å². The molecule has 0 N–H and O–H groups in total. The predicted molar refractivity (Wildman–Crippen MR) is 106 cm³/mol. The Morgan fingerprint density at radius 3 is 2.46 bits per heavy atom. The molecule has 0 amide bonds. The summed E-state index contributed by atoms with van der Waals surface area (Å²) < 4.78 is 10.9. The highest BCUT2D eigenvalue weighted by molar-refractivity contribution is 6.76. The Morgan fingerprint density at radius 1 is 1.17 bits per heavy atom. The fourth-order valence-electron chi connectivity index (χ4n) is 3.35. The van der Waals surface area contributed by atoms with Gasteiger partial charge in [0.15, 0.2) is 11.5 Å². The number of ether oxygens (including phenoxy) is 2. The molecule has 0 aromatic heterocycles. The molecule has 132 valence electrons. The van der Waals surface area contributed by atoms with E-state index in [0.29, 0.717) is 0 Å². The van der Waals surface area contributed by atoms with Crippen molar-refractivity contribution >= 4 is 13.8 Å². The van der Waals surface area contributed by atoms with Crippen LogP contribution < -0.4 is 9.47 Å². The largest absolute Gasteiger partial charge is 0.493 e. The van der Waals surface area contributed by atoms with Crippen molar-refractivity contribution in [2.45, 2.75) is 51.4 Å². The molecule has 1 aromatic carbocycles. The molecule has 24 heavy (non-hydrogen) atoms. The highest BCUT2D eigenvalue weighted by Crippen LogP contribution is 2.33. The number of hydrogen-bond acceptors (Lipinski definition) is 3. The molecule has 1 aliphatic rings. The van der Waals surface area contributed by atoms with Gasteiger partial charge >= 0.3 is 0 Å². The second-order valence-corrected chi connectivity index (χ2v) is 13.3. The molecule has 4 heteroatoms. The van der Waals surface area contributed by atoms with Crippen LogP contribution >= 0.6 is 0 Å². The molecule has 0 unspecified atom stereocenters. The van der Waals surface area contributed by atoms with Crippen molar-refractivity contribution in [3.05, 3.63) is 35.4 Å². The standard InChI is InChI=1S/C20H31NO2Si/c1-15(14-24(4,5)6)8-7-9-18-17-13-20(23-3)19(22-2)12-16(17)10-11-21-18/h12-13H,1,7-11,14H2,2-6H3. The summed E-state index contributed by atoms with van der Waals surface area (Å²) >= 11 is 0. The smallest absolute Gasteiger partial charge is 0.161 e. The van der Waals surface area contributed by atoms with Gasteiger partial charge in [-0.2, -0.15) is 0 Å². The number of rotatable bonds is 8. The van der Waals surface area contributed by atoms with Crippen LogP contribution in [0, 0.1) is 0 Å². The Morgan fingerprint density at radius 2 is 1.83 bits per heavy atom. The molecule has 0 bridgehead atoms. The fraction of sp³-hybridized carbons (Fsp3) is 0.550. The number of hydrogen-bond donors (Lipinski definition) is 0.